The Morgan fingerprint density at radius 2 is 1.67 bits per heavy atom. The molecule has 0 aliphatic heterocycles. The van der Waals surface area contributed by atoms with Crippen LogP contribution in [-0.2, 0) is 0 Å². The Morgan fingerprint density at radius 3 is 2.38 bits per heavy atom. The minimum atomic E-state index is -0.436. The monoisotopic (exact) mass is 277 g/mol. The van der Waals surface area contributed by atoms with Gasteiger partial charge in [-0.3, -0.25) is 9.78 Å². The van der Waals surface area contributed by atoms with Gasteiger partial charge in [0.2, 0.25) is 0 Å². The summed E-state index contributed by atoms with van der Waals surface area (Å²) in [6.07, 6.45) is 1.65. The van der Waals surface area contributed by atoms with E-state index in [-0.39, 0.29) is 5.78 Å². The van der Waals surface area contributed by atoms with Crippen molar-refractivity contribution >= 4 is 5.78 Å². The first-order chi connectivity index (χ1) is 10.3. The number of aromatic nitrogens is 1. The lowest BCUT2D eigenvalue weighted by Crippen LogP contribution is -2.04. The second kappa shape index (κ2) is 5.67. The first-order valence-electron chi connectivity index (χ1n) is 6.56. The summed E-state index contributed by atoms with van der Waals surface area (Å²) in [6.45, 7) is 0. The summed E-state index contributed by atoms with van der Waals surface area (Å²) in [6, 6.07) is 18.5. The van der Waals surface area contributed by atoms with Crippen LogP contribution in [0.4, 0.5) is 4.39 Å². The van der Waals surface area contributed by atoms with E-state index in [4.69, 9.17) is 0 Å². The average molecular weight is 277 g/mol. The average Bonchev–Trinajstić information content (AvgIpc) is 2.56. The van der Waals surface area contributed by atoms with Crippen molar-refractivity contribution in [2.75, 3.05) is 0 Å². The van der Waals surface area contributed by atoms with Crippen molar-refractivity contribution in [3.63, 3.8) is 0 Å². The molecule has 0 aliphatic carbocycles. The number of nitrogens with zero attached hydrogens (tertiary/aromatic N) is 1. The maximum Gasteiger partial charge on any atom is 0.193 e. The molecule has 0 saturated heterocycles. The zero-order chi connectivity index (χ0) is 14.7. The van der Waals surface area contributed by atoms with Crippen LogP contribution in [0.25, 0.3) is 11.3 Å². The van der Waals surface area contributed by atoms with Crippen LogP contribution in [0, 0.1) is 5.82 Å². The summed E-state index contributed by atoms with van der Waals surface area (Å²) in [7, 11) is 0. The van der Waals surface area contributed by atoms with Crippen LogP contribution < -0.4 is 0 Å². The van der Waals surface area contributed by atoms with Crippen LogP contribution in [0.15, 0.2) is 72.9 Å². The molecule has 3 rings (SSSR count). The van der Waals surface area contributed by atoms with Gasteiger partial charge in [-0.25, -0.2) is 4.39 Å². The van der Waals surface area contributed by atoms with Gasteiger partial charge in [0.05, 0.1) is 5.69 Å². The van der Waals surface area contributed by atoms with Gasteiger partial charge in [-0.15, -0.1) is 0 Å². The third-order valence-electron chi connectivity index (χ3n) is 3.20. The molecule has 0 bridgehead atoms. The van der Waals surface area contributed by atoms with Crippen molar-refractivity contribution in [3.05, 3.63) is 89.9 Å². The number of pyridine rings is 1. The molecule has 3 heteroatoms. The predicted octanol–water partition coefficient (Wildman–Crippen LogP) is 4.12. The molecule has 0 radical (unpaired) electrons. The third-order valence-corrected chi connectivity index (χ3v) is 3.20. The van der Waals surface area contributed by atoms with Crippen LogP contribution in [-0.4, -0.2) is 10.8 Å². The number of benzene rings is 2. The summed E-state index contributed by atoms with van der Waals surface area (Å²) in [5.74, 6) is -0.648. The lowest BCUT2D eigenvalue weighted by molar-refractivity contribution is 0.103. The molecule has 102 valence electrons. The van der Waals surface area contributed by atoms with Gasteiger partial charge < -0.3 is 0 Å². The Hall–Kier alpha value is -2.81. The lowest BCUT2D eigenvalue weighted by atomic mass is 9.96. The van der Waals surface area contributed by atoms with E-state index in [1.807, 2.05) is 12.1 Å². The highest BCUT2D eigenvalue weighted by Crippen LogP contribution is 2.25. The van der Waals surface area contributed by atoms with E-state index < -0.39 is 5.82 Å². The molecule has 0 saturated carbocycles. The number of hydrogen-bond donors (Lipinski definition) is 0. The van der Waals surface area contributed by atoms with Crippen molar-refractivity contribution in [1.82, 2.24) is 4.98 Å². The molecule has 21 heavy (non-hydrogen) atoms. The lowest BCUT2D eigenvalue weighted by Gasteiger charge is -2.08. The Balaban J connectivity index is 2.14. The van der Waals surface area contributed by atoms with Crippen molar-refractivity contribution in [2.24, 2.45) is 0 Å². The highest BCUT2D eigenvalue weighted by molar-refractivity contribution is 6.12. The molecule has 2 nitrogen and oxygen atoms in total. The van der Waals surface area contributed by atoms with E-state index in [9.17, 15) is 9.18 Å². The molecule has 1 aromatic heterocycles. The number of halogens is 1. The molecular formula is C18H12FNO. The molecule has 0 spiro atoms. The van der Waals surface area contributed by atoms with E-state index in [0.717, 1.165) is 0 Å². The number of ketones is 1. The largest absolute Gasteiger partial charge is 0.289 e. The van der Waals surface area contributed by atoms with Crippen LogP contribution in [0.2, 0.25) is 0 Å². The molecule has 1 heterocycles. The molecule has 3 aromatic rings. The van der Waals surface area contributed by atoms with E-state index in [1.165, 1.54) is 12.1 Å². The van der Waals surface area contributed by atoms with E-state index >= 15 is 0 Å². The van der Waals surface area contributed by atoms with Crippen molar-refractivity contribution in [2.45, 2.75) is 0 Å². The number of hydrogen-bond acceptors (Lipinski definition) is 2. The zero-order valence-electron chi connectivity index (χ0n) is 11.2. The quantitative estimate of drug-likeness (QED) is 0.674. The Labute approximate surface area is 121 Å². The van der Waals surface area contributed by atoms with Crippen LogP contribution in [0.1, 0.15) is 15.9 Å². The topological polar surface area (TPSA) is 30.0 Å². The van der Waals surface area contributed by atoms with E-state index in [2.05, 4.69) is 4.98 Å². The van der Waals surface area contributed by atoms with Gasteiger partial charge >= 0.3 is 0 Å². The van der Waals surface area contributed by atoms with Crippen LogP contribution in [0.5, 0.6) is 0 Å². The maximum absolute atomic E-state index is 13.6. The zero-order valence-corrected chi connectivity index (χ0v) is 11.2. The van der Waals surface area contributed by atoms with Crippen LogP contribution in [0.3, 0.4) is 0 Å². The summed E-state index contributed by atoms with van der Waals surface area (Å²) < 4.78 is 13.6. The van der Waals surface area contributed by atoms with Gasteiger partial charge in [0.1, 0.15) is 5.82 Å². The Morgan fingerprint density at radius 1 is 0.905 bits per heavy atom. The van der Waals surface area contributed by atoms with Crippen molar-refractivity contribution in [1.29, 1.82) is 0 Å². The third kappa shape index (κ3) is 2.72. The van der Waals surface area contributed by atoms with Crippen molar-refractivity contribution < 1.29 is 9.18 Å². The number of rotatable bonds is 3. The molecular weight excluding hydrogens is 265 g/mol. The molecule has 0 aliphatic rings. The maximum atomic E-state index is 13.6. The summed E-state index contributed by atoms with van der Waals surface area (Å²) in [4.78, 5) is 16.8. The minimum Gasteiger partial charge on any atom is -0.289 e. The van der Waals surface area contributed by atoms with Gasteiger partial charge in [-0.1, -0.05) is 36.4 Å². The summed E-state index contributed by atoms with van der Waals surface area (Å²) >= 11 is 0. The Kier molecular flexibility index (Phi) is 3.56. The Bertz CT molecular complexity index is 770. The molecule has 2 aromatic carbocycles. The van der Waals surface area contributed by atoms with Gasteiger partial charge in [-0.05, 0) is 30.3 Å². The normalized spacial score (nSPS) is 10.3. The van der Waals surface area contributed by atoms with Gasteiger partial charge in [-0.2, -0.15) is 0 Å². The number of carbonyl (C=O) groups excluding carboxylic acids is 1. The fourth-order valence-electron chi connectivity index (χ4n) is 2.19. The summed E-state index contributed by atoms with van der Waals surface area (Å²) in [5.41, 5.74) is 2.13. The predicted molar refractivity (Wildman–Crippen MR) is 79.5 cm³/mol. The second-order valence-corrected chi connectivity index (χ2v) is 4.60. The van der Waals surface area contributed by atoms with Gasteiger partial charge in [0.25, 0.3) is 0 Å². The van der Waals surface area contributed by atoms with Gasteiger partial charge in [0.15, 0.2) is 5.78 Å². The smallest absolute Gasteiger partial charge is 0.193 e. The SMILES string of the molecule is O=C(c1ccccc1)c1cc(F)ccc1-c1ccccn1. The fourth-order valence-corrected chi connectivity index (χ4v) is 2.19. The molecule has 0 fully saturated rings. The molecule has 0 amide bonds. The first-order valence-corrected chi connectivity index (χ1v) is 6.56. The fraction of sp³-hybridized carbons (Fsp3) is 0. The second-order valence-electron chi connectivity index (χ2n) is 4.60. The number of carbonyl (C=O) groups is 1. The van der Waals surface area contributed by atoms with Gasteiger partial charge in [0, 0.05) is 22.9 Å². The molecule has 0 unspecified atom stereocenters. The first kappa shape index (κ1) is 13.2. The standard InChI is InChI=1S/C18H12FNO/c19-14-9-10-15(17-8-4-5-11-20-17)16(12-14)18(21)13-6-2-1-3-7-13/h1-12H. The summed E-state index contributed by atoms with van der Waals surface area (Å²) in [5, 5.41) is 0. The van der Waals surface area contributed by atoms with E-state index in [0.29, 0.717) is 22.4 Å². The van der Waals surface area contributed by atoms with E-state index in [1.54, 1.807) is 48.7 Å². The van der Waals surface area contributed by atoms with Crippen LogP contribution >= 0.6 is 0 Å². The highest BCUT2D eigenvalue weighted by Gasteiger charge is 2.16. The minimum absolute atomic E-state index is 0.212. The molecule has 0 N–H and O–H groups in total. The molecule has 0 atom stereocenters. The highest BCUT2D eigenvalue weighted by atomic mass is 19.1. The van der Waals surface area contributed by atoms with Crippen molar-refractivity contribution in [3.8, 4) is 11.3 Å².